The molecule has 1 heterocycles. The first kappa shape index (κ1) is 20.2. The van der Waals surface area contributed by atoms with E-state index in [1.165, 1.54) is 0 Å². The lowest BCUT2D eigenvalue weighted by Crippen LogP contribution is -2.29. The highest BCUT2D eigenvalue weighted by Crippen LogP contribution is 2.29. The lowest BCUT2D eigenvalue weighted by atomic mass is 10.1. The van der Waals surface area contributed by atoms with Crippen molar-refractivity contribution >= 4 is 17.5 Å². The van der Waals surface area contributed by atoms with E-state index >= 15 is 0 Å². The molecule has 0 radical (unpaired) electrons. The van der Waals surface area contributed by atoms with Crippen molar-refractivity contribution in [2.75, 3.05) is 4.90 Å². The fourth-order valence-corrected chi connectivity index (χ4v) is 3.17. The van der Waals surface area contributed by atoms with Crippen molar-refractivity contribution in [1.82, 2.24) is 0 Å². The number of anilines is 1. The molecular weight excluding hydrogens is 386 g/mol. The summed E-state index contributed by atoms with van der Waals surface area (Å²) in [5, 5.41) is 9.80. The number of imide groups is 1. The summed E-state index contributed by atoms with van der Waals surface area (Å²) in [4.78, 5) is 27.1. The molecule has 3 aromatic rings. The minimum Gasteiger partial charge on any atom is -0.378 e. The third-order valence-corrected chi connectivity index (χ3v) is 4.63. The van der Waals surface area contributed by atoms with Gasteiger partial charge in [-0.25, -0.2) is 4.90 Å². The molecular formula is C27H19NO3. The summed E-state index contributed by atoms with van der Waals surface area (Å²) in [7, 11) is 0. The van der Waals surface area contributed by atoms with Crippen molar-refractivity contribution < 1.29 is 14.7 Å². The molecule has 0 unspecified atom stereocenters. The molecule has 0 bridgehead atoms. The van der Waals surface area contributed by atoms with Gasteiger partial charge < -0.3 is 5.11 Å². The summed E-state index contributed by atoms with van der Waals surface area (Å²) in [6.45, 7) is 3.18. The quantitative estimate of drug-likeness (QED) is 0.492. The molecule has 0 fully saturated rings. The predicted octanol–water partition coefficient (Wildman–Crippen LogP) is 4.01. The number of amides is 2. The van der Waals surface area contributed by atoms with Gasteiger partial charge in [0.1, 0.15) is 5.60 Å². The standard InChI is InChI=1S/C27H19NO3/c1-27(2,31)16-15-20-9-6-10-22(17-20)28-25(29)23-14-13-21(18-24(23)26(28)30)12-11-19-7-4-3-5-8-19/h3-10,13-14,17-18,31H,1-2H3. The molecule has 0 aromatic heterocycles. The maximum atomic E-state index is 13.0. The second kappa shape index (κ2) is 7.95. The van der Waals surface area contributed by atoms with E-state index in [1.54, 1.807) is 56.3 Å². The van der Waals surface area contributed by atoms with E-state index < -0.39 is 11.5 Å². The molecule has 1 aliphatic heterocycles. The van der Waals surface area contributed by atoms with E-state index in [0.717, 1.165) is 10.5 Å². The zero-order valence-electron chi connectivity index (χ0n) is 17.1. The van der Waals surface area contributed by atoms with Gasteiger partial charge in [-0.3, -0.25) is 9.59 Å². The van der Waals surface area contributed by atoms with Gasteiger partial charge >= 0.3 is 0 Å². The first-order chi connectivity index (χ1) is 14.8. The van der Waals surface area contributed by atoms with E-state index in [2.05, 4.69) is 23.7 Å². The normalized spacial score (nSPS) is 12.5. The molecule has 1 N–H and O–H groups in total. The fraction of sp³-hybridized carbons (Fsp3) is 0.111. The van der Waals surface area contributed by atoms with Crippen LogP contribution in [0.4, 0.5) is 5.69 Å². The number of nitrogens with zero attached hydrogens (tertiary/aromatic N) is 1. The van der Waals surface area contributed by atoms with Crippen LogP contribution in [0.3, 0.4) is 0 Å². The van der Waals surface area contributed by atoms with Crippen LogP contribution in [0, 0.1) is 23.7 Å². The molecule has 0 saturated heterocycles. The molecule has 1 aliphatic rings. The van der Waals surface area contributed by atoms with Crippen LogP contribution in [0.2, 0.25) is 0 Å². The topological polar surface area (TPSA) is 57.6 Å². The first-order valence-electron chi connectivity index (χ1n) is 9.77. The summed E-state index contributed by atoms with van der Waals surface area (Å²) in [6, 6.07) is 21.4. The number of carbonyl (C=O) groups is 2. The highest BCUT2D eigenvalue weighted by atomic mass is 16.3. The monoisotopic (exact) mass is 405 g/mol. The second-order valence-corrected chi connectivity index (χ2v) is 7.68. The van der Waals surface area contributed by atoms with Gasteiger partial charge in [0.25, 0.3) is 11.8 Å². The van der Waals surface area contributed by atoms with Crippen LogP contribution >= 0.6 is 0 Å². The lowest BCUT2D eigenvalue weighted by Gasteiger charge is -2.14. The molecule has 31 heavy (non-hydrogen) atoms. The maximum Gasteiger partial charge on any atom is 0.266 e. The van der Waals surface area contributed by atoms with Crippen LogP contribution in [-0.4, -0.2) is 22.5 Å². The Kier molecular flexibility index (Phi) is 5.17. The lowest BCUT2D eigenvalue weighted by molar-refractivity contribution is 0.0926. The van der Waals surface area contributed by atoms with Crippen molar-refractivity contribution in [3.8, 4) is 23.7 Å². The zero-order valence-corrected chi connectivity index (χ0v) is 17.1. The molecule has 0 spiro atoms. The minimum atomic E-state index is -1.14. The average molecular weight is 405 g/mol. The van der Waals surface area contributed by atoms with Gasteiger partial charge in [-0.15, -0.1) is 0 Å². The Hall–Kier alpha value is -4.12. The van der Waals surface area contributed by atoms with Gasteiger partial charge in [0.05, 0.1) is 16.8 Å². The van der Waals surface area contributed by atoms with Crippen molar-refractivity contribution in [2.24, 2.45) is 0 Å². The van der Waals surface area contributed by atoms with Crippen LogP contribution in [-0.2, 0) is 0 Å². The summed E-state index contributed by atoms with van der Waals surface area (Å²) in [5.74, 6) is 10.9. The molecule has 2 amide bonds. The van der Waals surface area contributed by atoms with Crippen LogP contribution in [0.25, 0.3) is 0 Å². The Morgan fingerprint density at radius 1 is 0.710 bits per heavy atom. The molecule has 0 aliphatic carbocycles. The van der Waals surface area contributed by atoms with E-state index in [0.29, 0.717) is 27.9 Å². The van der Waals surface area contributed by atoms with Gasteiger partial charge in [0.15, 0.2) is 0 Å². The Bertz CT molecular complexity index is 1310. The highest BCUT2D eigenvalue weighted by molar-refractivity contribution is 6.34. The Morgan fingerprint density at radius 2 is 1.35 bits per heavy atom. The minimum absolute atomic E-state index is 0.331. The van der Waals surface area contributed by atoms with Crippen molar-refractivity contribution in [3.05, 3.63) is 101 Å². The smallest absolute Gasteiger partial charge is 0.266 e. The number of carbonyl (C=O) groups excluding carboxylic acids is 2. The molecule has 4 rings (SSSR count). The van der Waals surface area contributed by atoms with Gasteiger partial charge in [0, 0.05) is 16.7 Å². The van der Waals surface area contributed by atoms with Gasteiger partial charge in [-0.1, -0.05) is 47.9 Å². The maximum absolute atomic E-state index is 13.0. The van der Waals surface area contributed by atoms with Crippen LogP contribution < -0.4 is 4.90 Å². The predicted molar refractivity (Wildman–Crippen MR) is 120 cm³/mol. The van der Waals surface area contributed by atoms with E-state index in [1.807, 2.05) is 30.3 Å². The molecule has 0 atom stereocenters. The number of fused-ring (bicyclic) bond motifs is 1. The summed E-state index contributed by atoms with van der Waals surface area (Å²) >= 11 is 0. The number of benzene rings is 3. The molecule has 0 saturated carbocycles. The Morgan fingerprint density at radius 3 is 2.10 bits per heavy atom. The third-order valence-electron chi connectivity index (χ3n) is 4.63. The van der Waals surface area contributed by atoms with Crippen LogP contribution in [0.5, 0.6) is 0 Å². The van der Waals surface area contributed by atoms with E-state index in [9.17, 15) is 14.7 Å². The third kappa shape index (κ3) is 4.41. The molecule has 150 valence electrons. The molecule has 4 heteroatoms. The number of hydrogen-bond donors (Lipinski definition) is 1. The largest absolute Gasteiger partial charge is 0.378 e. The average Bonchev–Trinajstić information content (AvgIpc) is 3.01. The SMILES string of the molecule is CC(C)(O)C#Cc1cccc(N2C(=O)c3ccc(C#Cc4ccccc4)cc3C2=O)c1. The van der Waals surface area contributed by atoms with Crippen molar-refractivity contribution in [2.45, 2.75) is 19.4 Å². The first-order valence-corrected chi connectivity index (χ1v) is 9.77. The Labute approximate surface area is 181 Å². The summed E-state index contributed by atoms with van der Waals surface area (Å²) in [6.07, 6.45) is 0. The van der Waals surface area contributed by atoms with Gasteiger partial charge in [0.2, 0.25) is 0 Å². The summed E-state index contributed by atoms with van der Waals surface area (Å²) in [5.41, 5.74) is 2.12. The van der Waals surface area contributed by atoms with Crippen LogP contribution in [0.1, 0.15) is 51.3 Å². The van der Waals surface area contributed by atoms with Crippen molar-refractivity contribution in [1.29, 1.82) is 0 Å². The number of rotatable bonds is 1. The van der Waals surface area contributed by atoms with Crippen molar-refractivity contribution in [3.63, 3.8) is 0 Å². The van der Waals surface area contributed by atoms with Crippen LogP contribution in [0.15, 0.2) is 72.8 Å². The van der Waals surface area contributed by atoms with Gasteiger partial charge in [-0.05, 0) is 62.4 Å². The number of aliphatic hydroxyl groups is 1. The molecule has 3 aromatic carbocycles. The van der Waals surface area contributed by atoms with Gasteiger partial charge in [-0.2, -0.15) is 0 Å². The van der Waals surface area contributed by atoms with E-state index in [4.69, 9.17) is 0 Å². The second-order valence-electron chi connectivity index (χ2n) is 7.68. The van der Waals surface area contributed by atoms with E-state index in [-0.39, 0.29) is 5.91 Å². The zero-order chi connectivity index (χ0) is 22.0. The molecule has 4 nitrogen and oxygen atoms in total. The number of hydrogen-bond acceptors (Lipinski definition) is 3. The summed E-state index contributed by atoms with van der Waals surface area (Å²) < 4.78 is 0. The fourth-order valence-electron chi connectivity index (χ4n) is 3.17. The highest BCUT2D eigenvalue weighted by Gasteiger charge is 2.36. The Balaban J connectivity index is 1.65.